The minimum Gasteiger partial charge on any atom is -0.357 e. The second kappa shape index (κ2) is 5.37. The Bertz CT molecular complexity index is 485. The van der Waals surface area contributed by atoms with Gasteiger partial charge in [-0.2, -0.15) is 0 Å². The Kier molecular flexibility index (Phi) is 3.85. The molecule has 0 radical (unpaired) electrons. The number of rotatable bonds is 1. The molecule has 0 fully saturated rings. The summed E-state index contributed by atoms with van der Waals surface area (Å²) in [5, 5.41) is 4.96. The van der Waals surface area contributed by atoms with E-state index >= 15 is 0 Å². The maximum absolute atomic E-state index is 3.55. The minimum atomic E-state index is 0.650. The minimum absolute atomic E-state index is 0.650. The molecule has 2 heteroatoms. The van der Waals surface area contributed by atoms with Crippen LogP contribution in [0.5, 0.6) is 0 Å². The molecule has 0 bridgehead atoms. The number of hydrogen-bond acceptors (Lipinski definition) is 1. The van der Waals surface area contributed by atoms with Gasteiger partial charge in [-0.3, -0.25) is 0 Å². The molecule has 2 heterocycles. The van der Waals surface area contributed by atoms with Gasteiger partial charge in [-0.25, -0.2) is 0 Å². The summed E-state index contributed by atoms with van der Waals surface area (Å²) in [6.45, 7) is 7.24. The quantitative estimate of drug-likeness (QED) is 0.769. The number of benzene rings is 1. The summed E-state index contributed by atoms with van der Waals surface area (Å²) in [5.41, 5.74) is 4.18. The van der Waals surface area contributed by atoms with Gasteiger partial charge in [-0.05, 0) is 24.5 Å². The Hall–Kier alpha value is -1.28. The van der Waals surface area contributed by atoms with Crippen LogP contribution < -0.4 is 5.32 Å². The Morgan fingerprint density at radius 1 is 1.24 bits per heavy atom. The molecule has 1 aliphatic heterocycles. The standard InChI is InChI=1S/C13H16N2.C2H6/c1-2-9-7-11-10-5-3-4-6-12(10)15-13(11)8-14-9;1-2/h3-6,9,14-15H,2,7-8H2,1H3;1-2H3/t9-;/m1./s1. The van der Waals surface area contributed by atoms with Gasteiger partial charge < -0.3 is 10.3 Å². The van der Waals surface area contributed by atoms with Crippen LogP contribution in [0.4, 0.5) is 0 Å². The zero-order valence-electron chi connectivity index (χ0n) is 11.0. The van der Waals surface area contributed by atoms with Crippen molar-refractivity contribution < 1.29 is 0 Å². The predicted molar refractivity (Wildman–Crippen MR) is 74.3 cm³/mol. The zero-order chi connectivity index (χ0) is 12.3. The van der Waals surface area contributed by atoms with Gasteiger partial charge in [0.25, 0.3) is 0 Å². The lowest BCUT2D eigenvalue weighted by molar-refractivity contribution is 0.466. The van der Waals surface area contributed by atoms with Crippen molar-refractivity contribution in [1.29, 1.82) is 0 Å². The number of fused-ring (bicyclic) bond motifs is 3. The second-order valence-corrected chi connectivity index (χ2v) is 4.32. The maximum atomic E-state index is 3.55. The van der Waals surface area contributed by atoms with Crippen molar-refractivity contribution in [3.05, 3.63) is 35.5 Å². The van der Waals surface area contributed by atoms with Crippen LogP contribution in [0.25, 0.3) is 10.9 Å². The number of aromatic amines is 1. The molecule has 0 unspecified atom stereocenters. The van der Waals surface area contributed by atoms with E-state index in [0.29, 0.717) is 6.04 Å². The van der Waals surface area contributed by atoms with Crippen molar-refractivity contribution in [2.24, 2.45) is 0 Å². The molecule has 0 aliphatic carbocycles. The maximum Gasteiger partial charge on any atom is 0.0459 e. The van der Waals surface area contributed by atoms with Crippen molar-refractivity contribution in [2.75, 3.05) is 0 Å². The van der Waals surface area contributed by atoms with Crippen molar-refractivity contribution in [3.8, 4) is 0 Å². The molecule has 1 aromatic heterocycles. The number of nitrogens with one attached hydrogen (secondary N) is 2. The third-order valence-corrected chi connectivity index (χ3v) is 3.41. The van der Waals surface area contributed by atoms with Gasteiger partial charge in [0.15, 0.2) is 0 Å². The van der Waals surface area contributed by atoms with Crippen LogP contribution in [0.2, 0.25) is 0 Å². The molecule has 1 aliphatic rings. The highest BCUT2D eigenvalue weighted by Gasteiger charge is 2.20. The molecule has 17 heavy (non-hydrogen) atoms. The molecule has 2 N–H and O–H groups in total. The van der Waals surface area contributed by atoms with Gasteiger partial charge in [0.2, 0.25) is 0 Å². The smallest absolute Gasteiger partial charge is 0.0459 e. The zero-order valence-corrected chi connectivity index (χ0v) is 11.0. The monoisotopic (exact) mass is 230 g/mol. The van der Waals surface area contributed by atoms with E-state index in [1.165, 1.54) is 28.6 Å². The van der Waals surface area contributed by atoms with Crippen molar-refractivity contribution >= 4 is 10.9 Å². The number of aromatic nitrogens is 1. The molecular weight excluding hydrogens is 208 g/mol. The van der Waals surface area contributed by atoms with Crippen LogP contribution >= 0.6 is 0 Å². The Balaban J connectivity index is 0.000000514. The van der Waals surface area contributed by atoms with Crippen LogP contribution in [-0.4, -0.2) is 11.0 Å². The van der Waals surface area contributed by atoms with Gasteiger partial charge >= 0.3 is 0 Å². The molecular formula is C15H22N2. The van der Waals surface area contributed by atoms with Crippen LogP contribution in [0.1, 0.15) is 38.4 Å². The van der Waals surface area contributed by atoms with Gasteiger partial charge in [0.1, 0.15) is 0 Å². The topological polar surface area (TPSA) is 27.8 Å². The first-order valence-corrected chi connectivity index (χ1v) is 6.70. The third-order valence-electron chi connectivity index (χ3n) is 3.41. The largest absolute Gasteiger partial charge is 0.357 e. The highest BCUT2D eigenvalue weighted by molar-refractivity contribution is 5.84. The third kappa shape index (κ3) is 2.22. The van der Waals surface area contributed by atoms with Gasteiger partial charge in [-0.15, -0.1) is 0 Å². The van der Waals surface area contributed by atoms with Crippen molar-refractivity contribution in [2.45, 2.75) is 46.2 Å². The molecule has 2 aromatic rings. The number of H-pyrrole nitrogens is 1. The molecule has 0 saturated heterocycles. The first-order chi connectivity index (χ1) is 8.38. The molecule has 3 rings (SSSR count). The van der Waals surface area contributed by atoms with E-state index in [1.54, 1.807) is 0 Å². The SMILES string of the molecule is CC.CC[C@@H]1Cc2c([nH]c3ccccc23)CN1. The van der Waals surface area contributed by atoms with E-state index in [1.807, 2.05) is 13.8 Å². The Labute approximate surface area is 103 Å². The number of hydrogen-bond donors (Lipinski definition) is 2. The molecule has 1 atom stereocenters. The van der Waals surface area contributed by atoms with Crippen LogP contribution in [0, 0.1) is 0 Å². The molecule has 0 saturated carbocycles. The molecule has 2 nitrogen and oxygen atoms in total. The lowest BCUT2D eigenvalue weighted by Gasteiger charge is -2.22. The molecule has 0 spiro atoms. The van der Waals surface area contributed by atoms with Crippen molar-refractivity contribution in [3.63, 3.8) is 0 Å². The summed E-state index contributed by atoms with van der Waals surface area (Å²) in [5.74, 6) is 0. The van der Waals surface area contributed by atoms with E-state index in [4.69, 9.17) is 0 Å². The van der Waals surface area contributed by atoms with E-state index in [2.05, 4.69) is 41.5 Å². The lowest BCUT2D eigenvalue weighted by Crippen LogP contribution is -2.34. The van der Waals surface area contributed by atoms with Crippen LogP contribution in [-0.2, 0) is 13.0 Å². The molecule has 92 valence electrons. The van der Waals surface area contributed by atoms with E-state index in [-0.39, 0.29) is 0 Å². The highest BCUT2D eigenvalue weighted by Crippen LogP contribution is 2.26. The summed E-state index contributed by atoms with van der Waals surface area (Å²) in [4.78, 5) is 3.50. The highest BCUT2D eigenvalue weighted by atomic mass is 15.0. The van der Waals surface area contributed by atoms with Crippen molar-refractivity contribution in [1.82, 2.24) is 10.3 Å². The van der Waals surface area contributed by atoms with E-state index in [0.717, 1.165) is 13.0 Å². The summed E-state index contributed by atoms with van der Waals surface area (Å²) < 4.78 is 0. The first-order valence-electron chi connectivity index (χ1n) is 6.70. The average Bonchev–Trinajstić information content (AvgIpc) is 2.78. The first kappa shape index (κ1) is 12.2. The van der Waals surface area contributed by atoms with Crippen LogP contribution in [0.15, 0.2) is 24.3 Å². The predicted octanol–water partition coefficient (Wildman–Crippen LogP) is 3.62. The van der Waals surface area contributed by atoms with E-state index in [9.17, 15) is 0 Å². The summed E-state index contributed by atoms with van der Waals surface area (Å²) in [6.07, 6.45) is 2.37. The fourth-order valence-electron chi connectivity index (χ4n) is 2.49. The van der Waals surface area contributed by atoms with Gasteiger partial charge in [0, 0.05) is 29.2 Å². The Morgan fingerprint density at radius 2 is 2.00 bits per heavy atom. The fourth-order valence-corrected chi connectivity index (χ4v) is 2.49. The summed E-state index contributed by atoms with van der Waals surface area (Å²) >= 11 is 0. The van der Waals surface area contributed by atoms with Gasteiger partial charge in [-0.1, -0.05) is 39.0 Å². The summed E-state index contributed by atoms with van der Waals surface area (Å²) in [6, 6.07) is 9.25. The lowest BCUT2D eigenvalue weighted by atomic mass is 9.97. The Morgan fingerprint density at radius 3 is 2.76 bits per heavy atom. The number of para-hydroxylation sites is 1. The molecule has 0 amide bonds. The van der Waals surface area contributed by atoms with E-state index < -0.39 is 0 Å². The summed E-state index contributed by atoms with van der Waals surface area (Å²) in [7, 11) is 0. The fraction of sp³-hybridized carbons (Fsp3) is 0.467. The second-order valence-electron chi connectivity index (χ2n) is 4.32. The van der Waals surface area contributed by atoms with Crippen LogP contribution in [0.3, 0.4) is 0 Å². The average molecular weight is 230 g/mol. The van der Waals surface area contributed by atoms with Gasteiger partial charge in [0.05, 0.1) is 0 Å². The molecule has 1 aromatic carbocycles. The normalized spacial score (nSPS) is 18.4.